The average molecular weight is 362 g/mol. The van der Waals surface area contributed by atoms with Crippen molar-refractivity contribution in [2.45, 2.75) is 0 Å². The molecule has 6 heteroatoms. The topological polar surface area (TPSA) is 91.2 Å². The zero-order chi connectivity index (χ0) is 19.2. The summed E-state index contributed by atoms with van der Waals surface area (Å²) >= 11 is 0. The lowest BCUT2D eigenvalue weighted by Gasteiger charge is -2.07. The van der Waals surface area contributed by atoms with Gasteiger partial charge in [-0.25, -0.2) is 5.43 Å². The number of aromatic hydroxyl groups is 2. The highest BCUT2D eigenvalue weighted by Gasteiger charge is 2.09. The molecule has 0 bridgehead atoms. The number of nitrogens with one attached hydrogen (secondary N) is 1. The van der Waals surface area contributed by atoms with Crippen LogP contribution < -0.4 is 10.2 Å². The first-order valence-electron chi connectivity index (χ1n) is 8.17. The number of phenolic OH excluding ortho intramolecular Hbond substituents is 2. The van der Waals surface area contributed by atoms with Crippen LogP contribution in [0.3, 0.4) is 0 Å². The molecule has 0 aliphatic rings. The van der Waals surface area contributed by atoms with Gasteiger partial charge in [-0.3, -0.25) is 4.79 Å². The molecular weight excluding hydrogens is 344 g/mol. The Balaban J connectivity index is 1.79. The third-order valence-electron chi connectivity index (χ3n) is 3.95. The second kappa shape index (κ2) is 8.05. The largest absolute Gasteiger partial charge is 0.507 e. The normalized spacial score (nSPS) is 10.7. The van der Waals surface area contributed by atoms with E-state index < -0.39 is 5.91 Å². The molecule has 0 aromatic heterocycles. The van der Waals surface area contributed by atoms with Crippen LogP contribution in [-0.4, -0.2) is 29.4 Å². The van der Waals surface area contributed by atoms with Gasteiger partial charge in [-0.15, -0.1) is 0 Å². The van der Waals surface area contributed by atoms with E-state index in [1.165, 1.54) is 18.3 Å². The molecule has 3 rings (SSSR count). The van der Waals surface area contributed by atoms with Crippen LogP contribution in [0.4, 0.5) is 0 Å². The van der Waals surface area contributed by atoms with Crippen molar-refractivity contribution in [1.82, 2.24) is 5.43 Å². The van der Waals surface area contributed by atoms with E-state index in [2.05, 4.69) is 10.5 Å². The minimum absolute atomic E-state index is 0.0298. The number of carbonyl (C=O) groups excluding carboxylic acids is 1. The van der Waals surface area contributed by atoms with Gasteiger partial charge in [0.2, 0.25) is 0 Å². The van der Waals surface area contributed by atoms with Crippen LogP contribution in [0, 0.1) is 0 Å². The Morgan fingerprint density at radius 1 is 0.963 bits per heavy atom. The monoisotopic (exact) mass is 362 g/mol. The molecule has 3 N–H and O–H groups in total. The summed E-state index contributed by atoms with van der Waals surface area (Å²) in [5.41, 5.74) is 4.67. The second-order valence-corrected chi connectivity index (χ2v) is 5.72. The minimum atomic E-state index is -0.548. The van der Waals surface area contributed by atoms with E-state index in [1.54, 1.807) is 37.4 Å². The number of amides is 1. The maximum atomic E-state index is 12.0. The van der Waals surface area contributed by atoms with Crippen molar-refractivity contribution in [3.05, 3.63) is 77.9 Å². The molecule has 27 heavy (non-hydrogen) atoms. The molecule has 136 valence electrons. The molecule has 0 atom stereocenters. The van der Waals surface area contributed by atoms with E-state index in [4.69, 9.17) is 4.74 Å². The van der Waals surface area contributed by atoms with E-state index in [1.807, 2.05) is 24.3 Å². The predicted octanol–water partition coefficient (Wildman–Crippen LogP) is 3.54. The minimum Gasteiger partial charge on any atom is -0.507 e. The first-order chi connectivity index (χ1) is 13.1. The number of phenols is 2. The van der Waals surface area contributed by atoms with Crippen molar-refractivity contribution < 1.29 is 19.7 Å². The second-order valence-electron chi connectivity index (χ2n) is 5.72. The summed E-state index contributed by atoms with van der Waals surface area (Å²) in [6.45, 7) is 0. The molecule has 0 aliphatic heterocycles. The van der Waals surface area contributed by atoms with Crippen molar-refractivity contribution in [1.29, 1.82) is 0 Å². The molecule has 3 aromatic carbocycles. The van der Waals surface area contributed by atoms with Gasteiger partial charge in [0.05, 0.1) is 18.9 Å². The number of hydrazone groups is 1. The number of ether oxygens (including phenoxy) is 1. The number of carbonyl (C=O) groups is 1. The highest BCUT2D eigenvalue weighted by molar-refractivity contribution is 5.97. The summed E-state index contributed by atoms with van der Waals surface area (Å²) in [5, 5.41) is 23.6. The molecule has 0 fully saturated rings. The molecule has 0 saturated heterocycles. The Morgan fingerprint density at radius 2 is 1.74 bits per heavy atom. The Labute approximate surface area is 156 Å². The molecule has 0 saturated carbocycles. The lowest BCUT2D eigenvalue weighted by atomic mass is 10.0. The highest BCUT2D eigenvalue weighted by atomic mass is 16.5. The van der Waals surface area contributed by atoms with Gasteiger partial charge >= 0.3 is 0 Å². The van der Waals surface area contributed by atoms with Gasteiger partial charge in [0, 0.05) is 5.56 Å². The van der Waals surface area contributed by atoms with E-state index in [0.29, 0.717) is 5.56 Å². The van der Waals surface area contributed by atoms with Crippen LogP contribution in [0.2, 0.25) is 0 Å². The summed E-state index contributed by atoms with van der Waals surface area (Å²) in [4.78, 5) is 12.0. The Hall–Kier alpha value is -3.80. The van der Waals surface area contributed by atoms with Crippen LogP contribution in [-0.2, 0) is 0 Å². The lowest BCUT2D eigenvalue weighted by molar-refractivity contribution is 0.0952. The zero-order valence-electron chi connectivity index (χ0n) is 14.6. The quantitative estimate of drug-likeness (QED) is 0.478. The molecule has 0 aliphatic carbocycles. The molecular formula is C21H18N2O4. The van der Waals surface area contributed by atoms with Gasteiger partial charge in [0.15, 0.2) is 0 Å². The predicted molar refractivity (Wildman–Crippen MR) is 103 cm³/mol. The van der Waals surface area contributed by atoms with Gasteiger partial charge < -0.3 is 14.9 Å². The van der Waals surface area contributed by atoms with Crippen molar-refractivity contribution in [2.24, 2.45) is 5.10 Å². The Morgan fingerprint density at radius 3 is 2.52 bits per heavy atom. The lowest BCUT2D eigenvalue weighted by Crippen LogP contribution is -2.17. The fraction of sp³-hybridized carbons (Fsp3) is 0.0476. The number of para-hydroxylation sites is 1. The zero-order valence-corrected chi connectivity index (χ0v) is 14.6. The summed E-state index contributed by atoms with van der Waals surface area (Å²) < 4.78 is 5.23. The number of hydrogen-bond acceptors (Lipinski definition) is 5. The molecule has 0 radical (unpaired) electrons. The molecule has 0 unspecified atom stereocenters. The van der Waals surface area contributed by atoms with Crippen LogP contribution in [0.5, 0.6) is 17.2 Å². The van der Waals surface area contributed by atoms with Gasteiger partial charge in [-0.1, -0.05) is 30.3 Å². The van der Waals surface area contributed by atoms with Crippen molar-refractivity contribution in [2.75, 3.05) is 7.11 Å². The maximum Gasteiger partial charge on any atom is 0.275 e. The molecule has 0 heterocycles. The van der Waals surface area contributed by atoms with Gasteiger partial charge in [-0.05, 0) is 47.5 Å². The average Bonchev–Trinajstić information content (AvgIpc) is 2.69. The third kappa shape index (κ3) is 4.24. The van der Waals surface area contributed by atoms with Crippen molar-refractivity contribution in [3.8, 4) is 28.4 Å². The number of benzene rings is 3. The summed E-state index contributed by atoms with van der Waals surface area (Å²) in [6, 6.07) is 18.8. The van der Waals surface area contributed by atoms with Crippen LogP contribution in [0.25, 0.3) is 11.1 Å². The molecule has 0 spiro atoms. The first kappa shape index (κ1) is 18.0. The summed E-state index contributed by atoms with van der Waals surface area (Å²) in [5.74, 6) is 0.0776. The van der Waals surface area contributed by atoms with Crippen LogP contribution >= 0.6 is 0 Å². The highest BCUT2D eigenvalue weighted by Crippen LogP contribution is 2.27. The van der Waals surface area contributed by atoms with Gasteiger partial charge in [0.1, 0.15) is 17.2 Å². The summed E-state index contributed by atoms with van der Waals surface area (Å²) in [6.07, 6.45) is 1.34. The SMILES string of the molecule is COc1cccc(-c2ccc(O)c(C=NNC(=O)c3ccccc3O)c2)c1. The maximum absolute atomic E-state index is 12.0. The van der Waals surface area contributed by atoms with Crippen LogP contribution in [0.15, 0.2) is 71.8 Å². The molecule has 6 nitrogen and oxygen atoms in total. The van der Waals surface area contributed by atoms with E-state index in [-0.39, 0.29) is 17.1 Å². The van der Waals surface area contributed by atoms with E-state index >= 15 is 0 Å². The van der Waals surface area contributed by atoms with Crippen LogP contribution in [0.1, 0.15) is 15.9 Å². The Kier molecular flexibility index (Phi) is 5.37. The summed E-state index contributed by atoms with van der Waals surface area (Å²) in [7, 11) is 1.60. The molecule has 1 amide bonds. The molecule has 3 aromatic rings. The third-order valence-corrected chi connectivity index (χ3v) is 3.95. The van der Waals surface area contributed by atoms with Crippen molar-refractivity contribution in [3.63, 3.8) is 0 Å². The number of nitrogens with zero attached hydrogens (tertiary/aromatic N) is 1. The van der Waals surface area contributed by atoms with Gasteiger partial charge in [-0.2, -0.15) is 5.10 Å². The Bertz CT molecular complexity index is 999. The first-order valence-corrected chi connectivity index (χ1v) is 8.17. The van der Waals surface area contributed by atoms with Crippen molar-refractivity contribution >= 4 is 12.1 Å². The standard InChI is InChI=1S/C21H18N2O4/c1-27-17-6-4-5-14(12-17)15-9-10-19(24)16(11-15)13-22-23-21(26)18-7-2-3-8-20(18)25/h2-13,24-25H,1H3,(H,23,26). The number of rotatable bonds is 5. The van der Waals surface area contributed by atoms with E-state index in [9.17, 15) is 15.0 Å². The number of methoxy groups -OCH3 is 1. The number of hydrogen-bond donors (Lipinski definition) is 3. The van der Waals surface area contributed by atoms with Gasteiger partial charge in [0.25, 0.3) is 5.91 Å². The van der Waals surface area contributed by atoms with E-state index in [0.717, 1.165) is 16.9 Å². The fourth-order valence-electron chi connectivity index (χ4n) is 2.53. The smallest absolute Gasteiger partial charge is 0.275 e. The fourth-order valence-corrected chi connectivity index (χ4v) is 2.53.